The molecule has 0 amide bonds. The first-order valence-corrected chi connectivity index (χ1v) is 11.2. The third-order valence-electron chi connectivity index (χ3n) is 6.24. The van der Waals surface area contributed by atoms with Crippen molar-refractivity contribution in [3.05, 3.63) is 95.3 Å². The number of hydrogen-bond donors (Lipinski definition) is 0. The molecule has 2 aromatic carbocycles. The van der Waals surface area contributed by atoms with Crippen LogP contribution in [0.25, 0.3) is 0 Å². The summed E-state index contributed by atoms with van der Waals surface area (Å²) in [5, 5.41) is 4.09. The Morgan fingerprint density at radius 1 is 1.00 bits per heavy atom. The zero-order valence-electron chi connectivity index (χ0n) is 18.5. The minimum Gasteiger partial charge on any atom is -0.396 e. The molecule has 5 nitrogen and oxygen atoms in total. The number of benzene rings is 2. The molecule has 0 bridgehead atoms. The Morgan fingerprint density at radius 2 is 1.79 bits per heavy atom. The van der Waals surface area contributed by atoms with Crippen LogP contribution in [-0.4, -0.2) is 48.4 Å². The van der Waals surface area contributed by atoms with Gasteiger partial charge < -0.3 is 9.74 Å². The predicted molar refractivity (Wildman–Crippen MR) is 124 cm³/mol. The maximum Gasteiger partial charge on any atom is 0.159 e. The van der Waals surface area contributed by atoms with Gasteiger partial charge in [0.25, 0.3) is 0 Å². The van der Waals surface area contributed by atoms with Gasteiger partial charge in [0.15, 0.2) is 11.6 Å². The van der Waals surface area contributed by atoms with Crippen LogP contribution in [0.5, 0.6) is 0 Å². The van der Waals surface area contributed by atoms with Gasteiger partial charge in [-0.1, -0.05) is 29.4 Å². The third-order valence-corrected chi connectivity index (χ3v) is 6.24. The summed E-state index contributed by atoms with van der Waals surface area (Å²) in [4.78, 5) is 14.6. The van der Waals surface area contributed by atoms with E-state index in [9.17, 15) is 8.78 Å². The number of para-hydroxylation sites is 1. The fourth-order valence-corrected chi connectivity index (χ4v) is 4.74. The highest BCUT2D eigenvalue weighted by molar-refractivity contribution is 6.11. The number of pyridine rings is 1. The van der Waals surface area contributed by atoms with E-state index in [0.717, 1.165) is 50.4 Å². The fraction of sp³-hybridized carbons (Fsp3) is 0.308. The second kappa shape index (κ2) is 8.90. The summed E-state index contributed by atoms with van der Waals surface area (Å²) in [6, 6.07) is 18.1. The van der Waals surface area contributed by atoms with Crippen LogP contribution < -0.4 is 4.90 Å². The van der Waals surface area contributed by atoms with Crippen molar-refractivity contribution in [2.75, 3.05) is 37.7 Å². The van der Waals surface area contributed by atoms with Gasteiger partial charge in [-0.15, -0.1) is 0 Å². The lowest BCUT2D eigenvalue weighted by atomic mass is 9.72. The summed E-state index contributed by atoms with van der Waals surface area (Å²) < 4.78 is 27.1. The van der Waals surface area contributed by atoms with Crippen molar-refractivity contribution >= 4 is 11.4 Å². The van der Waals surface area contributed by atoms with Gasteiger partial charge in [0.05, 0.1) is 5.69 Å². The molecule has 2 aliphatic rings. The van der Waals surface area contributed by atoms with E-state index in [-0.39, 0.29) is 0 Å². The molecule has 33 heavy (non-hydrogen) atoms. The highest BCUT2D eigenvalue weighted by atomic mass is 19.2. The van der Waals surface area contributed by atoms with E-state index in [1.54, 1.807) is 0 Å². The first kappa shape index (κ1) is 21.5. The van der Waals surface area contributed by atoms with Gasteiger partial charge in [-0.3, -0.25) is 9.88 Å². The van der Waals surface area contributed by atoms with Crippen LogP contribution in [0.4, 0.5) is 14.5 Å². The number of halogens is 2. The lowest BCUT2D eigenvalue weighted by Gasteiger charge is -2.61. The van der Waals surface area contributed by atoms with Crippen LogP contribution >= 0.6 is 0 Å². The lowest BCUT2D eigenvalue weighted by Crippen LogP contribution is -2.71. The van der Waals surface area contributed by atoms with Crippen LogP contribution in [0.1, 0.15) is 23.7 Å². The molecule has 3 heterocycles. The molecule has 0 N–H and O–H groups in total. The Labute approximate surface area is 192 Å². The average Bonchev–Trinajstić information content (AvgIpc) is 2.78. The predicted octanol–water partition coefficient (Wildman–Crippen LogP) is 4.47. The largest absolute Gasteiger partial charge is 0.396 e. The van der Waals surface area contributed by atoms with E-state index in [1.807, 2.05) is 31.3 Å². The number of hydrogen-bond acceptors (Lipinski definition) is 5. The van der Waals surface area contributed by atoms with Crippen LogP contribution in [0.15, 0.2) is 72.0 Å². The highest BCUT2D eigenvalue weighted by Gasteiger charge is 2.51. The van der Waals surface area contributed by atoms with Crippen molar-refractivity contribution in [3.8, 4) is 0 Å². The molecule has 0 atom stereocenters. The van der Waals surface area contributed by atoms with E-state index in [2.05, 4.69) is 44.2 Å². The van der Waals surface area contributed by atoms with E-state index >= 15 is 0 Å². The minimum atomic E-state index is -0.929. The van der Waals surface area contributed by atoms with E-state index in [1.165, 1.54) is 11.8 Å². The quantitative estimate of drug-likeness (QED) is 0.395. The average molecular weight is 449 g/mol. The Bertz CT molecular complexity index is 1140. The first-order chi connectivity index (χ1) is 16.0. The fourth-order valence-electron chi connectivity index (χ4n) is 4.74. The second-order valence-corrected chi connectivity index (χ2v) is 8.88. The number of anilines is 1. The number of likely N-dealkylation sites (tertiary alicyclic amines) is 1. The molecule has 170 valence electrons. The van der Waals surface area contributed by atoms with Crippen molar-refractivity contribution in [3.63, 3.8) is 0 Å². The van der Waals surface area contributed by atoms with Crippen LogP contribution in [0.2, 0.25) is 0 Å². The SMILES string of the molecule is CCON=C(c1ccc(F)c(F)c1)c1ccc(CN2CC3(C2)CN(c2ccccc2)C3)cn1. The molecule has 0 saturated carbocycles. The van der Waals surface area contributed by atoms with E-state index in [4.69, 9.17) is 4.84 Å². The molecule has 3 aromatic rings. The molecule has 2 aliphatic heterocycles. The molecule has 0 unspecified atom stereocenters. The zero-order valence-corrected chi connectivity index (χ0v) is 18.5. The molecule has 1 aromatic heterocycles. The summed E-state index contributed by atoms with van der Waals surface area (Å²) in [7, 11) is 0. The van der Waals surface area contributed by atoms with E-state index < -0.39 is 11.6 Å². The Hall–Kier alpha value is -3.32. The third kappa shape index (κ3) is 4.46. The summed E-state index contributed by atoms with van der Waals surface area (Å²) in [5.74, 6) is -1.83. The highest BCUT2D eigenvalue weighted by Crippen LogP contribution is 2.42. The molecule has 7 heteroatoms. The first-order valence-electron chi connectivity index (χ1n) is 11.2. The van der Waals surface area contributed by atoms with Gasteiger partial charge in [-0.2, -0.15) is 0 Å². The van der Waals surface area contributed by atoms with Gasteiger partial charge in [0, 0.05) is 55.6 Å². The molecular formula is C26H26F2N4O. The van der Waals surface area contributed by atoms with Crippen LogP contribution in [-0.2, 0) is 11.4 Å². The van der Waals surface area contributed by atoms with Crippen molar-refractivity contribution in [1.82, 2.24) is 9.88 Å². The molecule has 2 fully saturated rings. The second-order valence-electron chi connectivity index (χ2n) is 8.88. The molecule has 0 aliphatic carbocycles. The smallest absolute Gasteiger partial charge is 0.159 e. The normalized spacial score (nSPS) is 17.5. The van der Waals surface area contributed by atoms with Gasteiger partial charge in [0.2, 0.25) is 0 Å². The van der Waals surface area contributed by atoms with Crippen molar-refractivity contribution in [2.24, 2.45) is 10.6 Å². The zero-order chi connectivity index (χ0) is 22.8. The molecule has 5 rings (SSSR count). The molecule has 2 saturated heterocycles. The summed E-state index contributed by atoms with van der Waals surface area (Å²) in [5.41, 5.74) is 4.16. The maximum absolute atomic E-state index is 13.7. The lowest BCUT2D eigenvalue weighted by molar-refractivity contribution is -0.0273. The maximum atomic E-state index is 13.7. The molecule has 1 spiro atoms. The van der Waals surface area contributed by atoms with Gasteiger partial charge >= 0.3 is 0 Å². The van der Waals surface area contributed by atoms with Crippen molar-refractivity contribution in [1.29, 1.82) is 0 Å². The molecule has 0 radical (unpaired) electrons. The van der Waals surface area contributed by atoms with Gasteiger partial charge in [0.1, 0.15) is 12.3 Å². The van der Waals surface area contributed by atoms with Gasteiger partial charge in [-0.25, -0.2) is 8.78 Å². The van der Waals surface area contributed by atoms with Crippen molar-refractivity contribution in [2.45, 2.75) is 13.5 Å². The number of rotatable bonds is 7. The monoisotopic (exact) mass is 448 g/mol. The van der Waals surface area contributed by atoms with Crippen LogP contribution in [0.3, 0.4) is 0 Å². The van der Waals surface area contributed by atoms with Gasteiger partial charge in [-0.05, 0) is 48.9 Å². The van der Waals surface area contributed by atoms with Crippen molar-refractivity contribution < 1.29 is 13.6 Å². The Kier molecular flexibility index (Phi) is 5.81. The topological polar surface area (TPSA) is 41.0 Å². The summed E-state index contributed by atoms with van der Waals surface area (Å²) >= 11 is 0. The summed E-state index contributed by atoms with van der Waals surface area (Å²) in [6.45, 7) is 7.40. The standard InChI is InChI=1S/C26H26F2N4O/c1-2-33-30-25(20-9-10-22(27)23(28)12-20)24-11-8-19(13-29-24)14-31-15-26(16-31)17-32(18-26)21-6-4-3-5-7-21/h3-13H,2,14-18H2,1H3. The Morgan fingerprint density at radius 3 is 2.45 bits per heavy atom. The summed E-state index contributed by atoms with van der Waals surface area (Å²) in [6.07, 6.45) is 1.82. The number of oxime groups is 1. The number of nitrogens with zero attached hydrogens (tertiary/aromatic N) is 4. The molecular weight excluding hydrogens is 422 g/mol. The Balaban J connectivity index is 1.20. The van der Waals surface area contributed by atoms with Crippen LogP contribution in [0, 0.1) is 17.0 Å². The minimum absolute atomic E-state index is 0.365. The number of aromatic nitrogens is 1. The van der Waals surface area contributed by atoms with E-state index in [0.29, 0.717) is 29.0 Å².